The lowest BCUT2D eigenvalue weighted by molar-refractivity contribution is -0.191. The van der Waals surface area contributed by atoms with Crippen molar-refractivity contribution in [1.29, 1.82) is 0 Å². The lowest BCUT2D eigenvalue weighted by Gasteiger charge is -2.60. The van der Waals surface area contributed by atoms with E-state index >= 15 is 0 Å². The standard InChI is InChI=1S/C13H22.CO2/c1-3-13(2)11-5-9-4-10(7-11)8-12(13)6-9;2-1-3/h9-12H,3-8H2,1-2H3;. The molecular weight excluding hydrogens is 200 g/mol. The molecule has 0 aromatic carbocycles. The van der Waals surface area contributed by atoms with Crippen LogP contribution < -0.4 is 0 Å². The van der Waals surface area contributed by atoms with E-state index in [1.165, 1.54) is 6.42 Å². The fourth-order valence-electron chi connectivity index (χ4n) is 4.84. The van der Waals surface area contributed by atoms with Crippen molar-refractivity contribution in [2.75, 3.05) is 0 Å². The Bertz CT molecular complexity index is 261. The van der Waals surface area contributed by atoms with Crippen LogP contribution in [0.25, 0.3) is 0 Å². The largest absolute Gasteiger partial charge is 0.373 e. The van der Waals surface area contributed by atoms with Gasteiger partial charge in [0.15, 0.2) is 0 Å². The zero-order valence-corrected chi connectivity index (χ0v) is 10.4. The number of carbonyl (C=O) groups excluding carboxylic acids is 2. The van der Waals surface area contributed by atoms with E-state index in [9.17, 15) is 0 Å². The summed E-state index contributed by atoms with van der Waals surface area (Å²) in [6, 6.07) is 0. The molecule has 4 bridgehead atoms. The third-order valence-corrected chi connectivity index (χ3v) is 5.77. The van der Waals surface area contributed by atoms with Crippen molar-refractivity contribution in [2.24, 2.45) is 29.1 Å². The molecule has 4 aliphatic rings. The van der Waals surface area contributed by atoms with E-state index in [-0.39, 0.29) is 6.15 Å². The van der Waals surface area contributed by atoms with Crippen LogP contribution in [-0.2, 0) is 9.59 Å². The number of hydrogen-bond donors (Lipinski definition) is 0. The summed E-state index contributed by atoms with van der Waals surface area (Å²) in [5.41, 5.74) is 0.743. The van der Waals surface area contributed by atoms with Gasteiger partial charge >= 0.3 is 6.15 Å². The molecule has 0 spiro atoms. The Hall–Kier alpha value is -0.620. The summed E-state index contributed by atoms with van der Waals surface area (Å²) >= 11 is 0. The first kappa shape index (κ1) is 11.9. The Morgan fingerprint density at radius 1 is 1.00 bits per heavy atom. The third kappa shape index (κ3) is 1.73. The number of hydrogen-bond acceptors (Lipinski definition) is 2. The molecule has 0 aliphatic heterocycles. The van der Waals surface area contributed by atoms with Crippen molar-refractivity contribution in [1.82, 2.24) is 0 Å². The third-order valence-electron chi connectivity index (χ3n) is 5.77. The molecule has 0 amide bonds. The molecule has 0 heterocycles. The molecule has 0 aromatic heterocycles. The topological polar surface area (TPSA) is 34.1 Å². The molecule has 0 unspecified atom stereocenters. The predicted molar refractivity (Wildman–Crippen MR) is 60.5 cm³/mol. The van der Waals surface area contributed by atoms with Gasteiger partial charge in [-0.2, -0.15) is 9.59 Å². The Morgan fingerprint density at radius 2 is 1.38 bits per heavy atom. The summed E-state index contributed by atoms with van der Waals surface area (Å²) in [5.74, 6) is 4.49. The summed E-state index contributed by atoms with van der Waals surface area (Å²) in [6.45, 7) is 5.00. The van der Waals surface area contributed by atoms with Gasteiger partial charge in [0.2, 0.25) is 0 Å². The Labute approximate surface area is 97.8 Å². The van der Waals surface area contributed by atoms with Gasteiger partial charge in [-0.3, -0.25) is 0 Å². The van der Waals surface area contributed by atoms with E-state index in [0.717, 1.165) is 29.1 Å². The molecule has 4 aliphatic carbocycles. The molecule has 4 fully saturated rings. The Morgan fingerprint density at radius 3 is 1.69 bits per heavy atom. The summed E-state index contributed by atoms with van der Waals surface area (Å²) in [7, 11) is 0. The maximum atomic E-state index is 8.12. The van der Waals surface area contributed by atoms with Crippen molar-refractivity contribution in [3.8, 4) is 0 Å². The number of rotatable bonds is 1. The monoisotopic (exact) mass is 222 g/mol. The zero-order valence-electron chi connectivity index (χ0n) is 10.4. The van der Waals surface area contributed by atoms with E-state index < -0.39 is 0 Å². The van der Waals surface area contributed by atoms with E-state index in [0.29, 0.717) is 0 Å². The van der Waals surface area contributed by atoms with Crippen LogP contribution in [0.1, 0.15) is 52.4 Å². The van der Waals surface area contributed by atoms with Crippen molar-refractivity contribution >= 4 is 6.15 Å². The summed E-state index contributed by atoms with van der Waals surface area (Å²) in [6.07, 6.45) is 9.60. The maximum absolute atomic E-state index is 8.12. The van der Waals surface area contributed by atoms with E-state index in [1.807, 2.05) is 0 Å². The smallest absolute Gasteiger partial charge is 0.186 e. The van der Waals surface area contributed by atoms with E-state index in [1.54, 1.807) is 32.1 Å². The second-order valence-corrected chi connectivity index (χ2v) is 6.25. The first-order chi connectivity index (χ1) is 7.63. The summed E-state index contributed by atoms with van der Waals surface area (Å²) in [4.78, 5) is 16.2. The normalized spacial score (nSPS) is 48.1. The quantitative estimate of drug-likeness (QED) is 0.682. The minimum absolute atomic E-state index is 0.250. The first-order valence-corrected chi connectivity index (χ1v) is 6.63. The average molecular weight is 222 g/mol. The highest BCUT2D eigenvalue weighted by molar-refractivity contribution is 5.20. The van der Waals surface area contributed by atoms with Crippen LogP contribution in [0.5, 0.6) is 0 Å². The van der Waals surface area contributed by atoms with Crippen molar-refractivity contribution in [2.45, 2.75) is 52.4 Å². The van der Waals surface area contributed by atoms with Gasteiger partial charge in [-0.25, -0.2) is 0 Å². The van der Waals surface area contributed by atoms with Gasteiger partial charge in [0, 0.05) is 0 Å². The van der Waals surface area contributed by atoms with Crippen LogP contribution in [0.2, 0.25) is 0 Å². The highest BCUT2D eigenvalue weighted by atomic mass is 16.2. The summed E-state index contributed by atoms with van der Waals surface area (Å²) in [5, 5.41) is 0. The van der Waals surface area contributed by atoms with E-state index in [4.69, 9.17) is 9.59 Å². The van der Waals surface area contributed by atoms with Gasteiger partial charge in [0.05, 0.1) is 0 Å². The lowest BCUT2D eigenvalue weighted by atomic mass is 9.45. The molecule has 2 heteroatoms. The van der Waals surface area contributed by atoms with Gasteiger partial charge in [0.25, 0.3) is 0 Å². The minimum atomic E-state index is 0.250. The second kappa shape index (κ2) is 4.33. The predicted octanol–water partition coefficient (Wildman–Crippen LogP) is 3.28. The molecule has 0 atom stereocenters. The fraction of sp³-hybridized carbons (Fsp3) is 0.929. The minimum Gasteiger partial charge on any atom is -0.186 e. The Kier molecular flexibility index (Phi) is 3.21. The van der Waals surface area contributed by atoms with Crippen LogP contribution in [0.4, 0.5) is 0 Å². The van der Waals surface area contributed by atoms with Gasteiger partial charge in [-0.05, 0) is 61.2 Å². The second-order valence-electron chi connectivity index (χ2n) is 6.25. The van der Waals surface area contributed by atoms with Gasteiger partial charge in [0.1, 0.15) is 0 Å². The highest BCUT2D eigenvalue weighted by Gasteiger charge is 2.53. The van der Waals surface area contributed by atoms with Crippen LogP contribution in [0.15, 0.2) is 0 Å². The lowest BCUT2D eigenvalue weighted by Crippen LogP contribution is -2.51. The van der Waals surface area contributed by atoms with Crippen molar-refractivity contribution < 1.29 is 9.59 Å². The van der Waals surface area contributed by atoms with Crippen LogP contribution in [0.3, 0.4) is 0 Å². The molecule has 0 saturated heterocycles. The Balaban J connectivity index is 0.000000292. The maximum Gasteiger partial charge on any atom is 0.373 e. The molecule has 2 nitrogen and oxygen atoms in total. The molecule has 0 aromatic rings. The average Bonchev–Trinajstić information content (AvgIpc) is 2.26. The van der Waals surface area contributed by atoms with Gasteiger partial charge in [-0.15, -0.1) is 0 Å². The molecule has 4 rings (SSSR count). The molecule has 16 heavy (non-hydrogen) atoms. The molecular formula is C14H22O2. The highest BCUT2D eigenvalue weighted by Crippen LogP contribution is 2.63. The molecule has 4 saturated carbocycles. The molecule has 0 N–H and O–H groups in total. The fourth-order valence-corrected chi connectivity index (χ4v) is 4.84. The molecule has 90 valence electrons. The van der Waals surface area contributed by atoms with E-state index in [2.05, 4.69) is 13.8 Å². The summed E-state index contributed by atoms with van der Waals surface area (Å²) < 4.78 is 0. The molecule has 0 radical (unpaired) electrons. The van der Waals surface area contributed by atoms with Crippen molar-refractivity contribution in [3.05, 3.63) is 0 Å². The van der Waals surface area contributed by atoms with Crippen LogP contribution in [-0.4, -0.2) is 6.15 Å². The van der Waals surface area contributed by atoms with Crippen molar-refractivity contribution in [3.63, 3.8) is 0 Å². The SMILES string of the molecule is CCC1(C)C2CC3CC(C2)CC1C3.O=C=O. The van der Waals surface area contributed by atoms with Crippen LogP contribution >= 0.6 is 0 Å². The van der Waals surface area contributed by atoms with Gasteiger partial charge in [-0.1, -0.05) is 20.3 Å². The zero-order chi connectivity index (χ0) is 11.8. The van der Waals surface area contributed by atoms with Crippen LogP contribution in [0, 0.1) is 29.1 Å². The first-order valence-electron chi connectivity index (χ1n) is 6.63. The van der Waals surface area contributed by atoms with Gasteiger partial charge < -0.3 is 0 Å².